The van der Waals surface area contributed by atoms with Crippen LogP contribution in [0.3, 0.4) is 0 Å². The molecule has 208 valence electrons. The van der Waals surface area contributed by atoms with E-state index in [4.69, 9.17) is 15.2 Å². The second-order valence-electron chi connectivity index (χ2n) is 10.9. The molecule has 1 amide bonds. The summed E-state index contributed by atoms with van der Waals surface area (Å²) in [5, 5.41) is 3.54. The Labute approximate surface area is 234 Å². The fourth-order valence-electron chi connectivity index (χ4n) is 5.53. The standard InChI is InChI=1S/C30H38N4O4S/c1-30(2)19-28(35)34(21-38-29(36)20-31)26-18-22(8-9-24(26)30)37-16-4-3-11-32-12-14-33(15-13-32)25-6-5-7-27-23(25)10-17-39-27/h5-10,17-18H,3-4,11-16,19-21,31H2,1-2H3. The molecular formula is C30H38N4O4S. The van der Waals surface area contributed by atoms with Crippen LogP contribution in [0.2, 0.25) is 0 Å². The van der Waals surface area contributed by atoms with Crippen LogP contribution in [0, 0.1) is 0 Å². The van der Waals surface area contributed by atoms with Gasteiger partial charge in [0.15, 0.2) is 6.73 Å². The average Bonchev–Trinajstić information content (AvgIpc) is 3.42. The lowest BCUT2D eigenvalue weighted by atomic mass is 9.77. The number of amides is 1. The molecule has 0 spiro atoms. The van der Waals surface area contributed by atoms with Crippen molar-refractivity contribution in [2.75, 3.05) is 62.4 Å². The van der Waals surface area contributed by atoms with Gasteiger partial charge in [0.2, 0.25) is 5.91 Å². The minimum absolute atomic E-state index is 0.0819. The van der Waals surface area contributed by atoms with Crippen molar-refractivity contribution >= 4 is 44.7 Å². The molecule has 8 nitrogen and oxygen atoms in total. The molecule has 0 aliphatic carbocycles. The zero-order chi connectivity index (χ0) is 27.4. The maximum absolute atomic E-state index is 12.8. The van der Waals surface area contributed by atoms with E-state index in [0.717, 1.165) is 56.8 Å². The first-order valence-electron chi connectivity index (χ1n) is 13.7. The average molecular weight is 551 g/mol. The number of esters is 1. The maximum atomic E-state index is 12.8. The summed E-state index contributed by atoms with van der Waals surface area (Å²) in [4.78, 5) is 31.0. The van der Waals surface area contributed by atoms with Crippen molar-refractivity contribution in [3.05, 3.63) is 53.4 Å². The molecule has 5 rings (SSSR count). The van der Waals surface area contributed by atoms with Crippen LogP contribution < -0.4 is 20.3 Å². The van der Waals surface area contributed by atoms with Crippen LogP contribution in [0.4, 0.5) is 11.4 Å². The maximum Gasteiger partial charge on any atom is 0.321 e. The lowest BCUT2D eigenvalue weighted by molar-refractivity contribution is -0.142. The molecule has 2 N–H and O–H groups in total. The van der Waals surface area contributed by atoms with E-state index in [-0.39, 0.29) is 24.6 Å². The molecule has 39 heavy (non-hydrogen) atoms. The van der Waals surface area contributed by atoms with E-state index in [1.807, 2.05) is 18.2 Å². The Bertz CT molecular complexity index is 1320. The second kappa shape index (κ2) is 11.9. The third-order valence-electron chi connectivity index (χ3n) is 7.73. The molecule has 1 fully saturated rings. The van der Waals surface area contributed by atoms with E-state index >= 15 is 0 Å². The molecule has 0 radical (unpaired) electrons. The molecular weight excluding hydrogens is 512 g/mol. The van der Waals surface area contributed by atoms with Crippen molar-refractivity contribution in [3.8, 4) is 5.75 Å². The Kier molecular flexibility index (Phi) is 8.40. The molecule has 0 atom stereocenters. The fraction of sp³-hybridized carbons (Fsp3) is 0.467. The van der Waals surface area contributed by atoms with Gasteiger partial charge in [-0.25, -0.2) is 0 Å². The highest BCUT2D eigenvalue weighted by Gasteiger charge is 2.37. The van der Waals surface area contributed by atoms with E-state index in [1.165, 1.54) is 20.7 Å². The monoisotopic (exact) mass is 550 g/mol. The van der Waals surface area contributed by atoms with E-state index < -0.39 is 5.97 Å². The quantitative estimate of drug-likeness (QED) is 0.297. The van der Waals surface area contributed by atoms with E-state index in [1.54, 1.807) is 11.3 Å². The molecule has 2 aliphatic rings. The van der Waals surface area contributed by atoms with Crippen molar-refractivity contribution < 1.29 is 19.1 Å². The van der Waals surface area contributed by atoms with Crippen molar-refractivity contribution in [1.82, 2.24) is 4.90 Å². The van der Waals surface area contributed by atoms with Crippen LogP contribution in [0.5, 0.6) is 5.75 Å². The molecule has 9 heteroatoms. The zero-order valence-electron chi connectivity index (χ0n) is 22.9. The molecule has 3 heterocycles. The third-order valence-corrected chi connectivity index (χ3v) is 8.61. The lowest BCUT2D eigenvalue weighted by Gasteiger charge is -2.38. The Morgan fingerprint density at radius 3 is 2.67 bits per heavy atom. The van der Waals surface area contributed by atoms with Gasteiger partial charge in [0.1, 0.15) is 5.75 Å². The number of fused-ring (bicyclic) bond motifs is 2. The normalized spacial score (nSPS) is 17.4. The zero-order valence-corrected chi connectivity index (χ0v) is 23.7. The highest BCUT2D eigenvalue weighted by molar-refractivity contribution is 7.17. The Balaban J connectivity index is 1.09. The topological polar surface area (TPSA) is 88.3 Å². The highest BCUT2D eigenvalue weighted by Crippen LogP contribution is 2.42. The van der Waals surface area contributed by atoms with Gasteiger partial charge in [-0.05, 0) is 54.6 Å². The van der Waals surface area contributed by atoms with Gasteiger partial charge in [0, 0.05) is 59.9 Å². The van der Waals surface area contributed by atoms with Crippen molar-refractivity contribution in [2.45, 2.75) is 38.5 Å². The summed E-state index contributed by atoms with van der Waals surface area (Å²) in [6.45, 7) is 9.65. The van der Waals surface area contributed by atoms with Crippen LogP contribution in [-0.4, -0.2) is 69.4 Å². The number of nitrogens with two attached hydrogens (primary N) is 1. The van der Waals surface area contributed by atoms with Crippen molar-refractivity contribution in [3.63, 3.8) is 0 Å². The summed E-state index contributed by atoms with van der Waals surface area (Å²) < 4.78 is 12.6. The number of nitrogens with zero attached hydrogens (tertiary/aromatic N) is 3. The smallest absolute Gasteiger partial charge is 0.321 e. The third kappa shape index (κ3) is 6.21. The Morgan fingerprint density at radius 1 is 1.05 bits per heavy atom. The van der Waals surface area contributed by atoms with Crippen LogP contribution in [0.25, 0.3) is 10.1 Å². The number of unbranched alkanes of at least 4 members (excludes halogenated alkanes) is 1. The summed E-state index contributed by atoms with van der Waals surface area (Å²) in [7, 11) is 0. The van der Waals surface area contributed by atoms with E-state index in [2.05, 4.69) is 53.3 Å². The largest absolute Gasteiger partial charge is 0.494 e. The van der Waals surface area contributed by atoms with E-state index in [9.17, 15) is 9.59 Å². The highest BCUT2D eigenvalue weighted by atomic mass is 32.1. The SMILES string of the molecule is CC1(C)CC(=O)N(COC(=O)CN)c2cc(OCCCCN3CCN(c4cccc5sccc45)CC3)ccc21. The number of hydrogen-bond donors (Lipinski definition) is 1. The molecule has 2 aliphatic heterocycles. The predicted octanol–water partition coefficient (Wildman–Crippen LogP) is 4.36. The number of carbonyl (C=O) groups is 2. The number of benzene rings is 2. The van der Waals surface area contributed by atoms with E-state index in [0.29, 0.717) is 18.8 Å². The summed E-state index contributed by atoms with van der Waals surface area (Å²) in [5.41, 5.74) is 8.17. The van der Waals surface area contributed by atoms with Crippen LogP contribution in [0.15, 0.2) is 47.8 Å². The van der Waals surface area contributed by atoms with Crippen molar-refractivity contribution in [1.29, 1.82) is 0 Å². The minimum Gasteiger partial charge on any atom is -0.494 e. The van der Waals surface area contributed by atoms with Crippen molar-refractivity contribution in [2.24, 2.45) is 5.73 Å². The summed E-state index contributed by atoms with van der Waals surface area (Å²) in [5.74, 6) is 0.0926. The van der Waals surface area contributed by atoms with Crippen LogP contribution in [0.1, 0.15) is 38.7 Å². The predicted molar refractivity (Wildman–Crippen MR) is 157 cm³/mol. The van der Waals surface area contributed by atoms with Gasteiger partial charge in [-0.2, -0.15) is 0 Å². The van der Waals surface area contributed by atoms with Crippen LogP contribution >= 0.6 is 11.3 Å². The molecule has 1 aromatic heterocycles. The summed E-state index contributed by atoms with van der Waals surface area (Å²) >= 11 is 1.80. The van der Waals surface area contributed by atoms with Gasteiger partial charge in [-0.1, -0.05) is 26.0 Å². The number of hydrogen-bond acceptors (Lipinski definition) is 8. The number of rotatable bonds is 10. The number of anilines is 2. The number of thiophene rings is 1. The first-order chi connectivity index (χ1) is 18.9. The first kappa shape index (κ1) is 27.4. The molecule has 1 saturated heterocycles. The molecule has 0 unspecified atom stereocenters. The second-order valence-corrected chi connectivity index (χ2v) is 11.9. The number of piperazine rings is 1. The number of ether oxygens (including phenoxy) is 2. The first-order valence-corrected chi connectivity index (χ1v) is 14.6. The molecule has 0 bridgehead atoms. The van der Waals surface area contributed by atoms with Gasteiger partial charge in [-0.3, -0.25) is 19.4 Å². The molecule has 2 aromatic carbocycles. The minimum atomic E-state index is -0.539. The van der Waals surface area contributed by atoms with Gasteiger partial charge >= 0.3 is 5.97 Å². The fourth-order valence-corrected chi connectivity index (χ4v) is 6.34. The van der Waals surface area contributed by atoms with Gasteiger partial charge in [-0.15, -0.1) is 11.3 Å². The van der Waals surface area contributed by atoms with Gasteiger partial charge in [0.05, 0.1) is 18.8 Å². The van der Waals surface area contributed by atoms with Gasteiger partial charge < -0.3 is 20.1 Å². The lowest BCUT2D eigenvalue weighted by Crippen LogP contribution is -2.46. The molecule has 0 saturated carbocycles. The molecule has 3 aromatic rings. The Hall–Kier alpha value is -3.14. The van der Waals surface area contributed by atoms with Gasteiger partial charge in [0.25, 0.3) is 0 Å². The summed E-state index contributed by atoms with van der Waals surface area (Å²) in [6.07, 6.45) is 2.36. The van der Waals surface area contributed by atoms with Crippen LogP contribution in [-0.2, 0) is 19.7 Å². The Morgan fingerprint density at radius 2 is 1.87 bits per heavy atom. The summed E-state index contributed by atoms with van der Waals surface area (Å²) in [6, 6.07) is 14.7. The number of carbonyl (C=O) groups excluding carboxylic acids is 2.